The van der Waals surface area contributed by atoms with E-state index in [4.69, 9.17) is 4.42 Å². The third-order valence-corrected chi connectivity index (χ3v) is 5.90. The Morgan fingerprint density at radius 2 is 1.93 bits per heavy atom. The fourth-order valence-electron chi connectivity index (χ4n) is 4.32. The van der Waals surface area contributed by atoms with Crippen molar-refractivity contribution in [1.82, 2.24) is 9.47 Å². The van der Waals surface area contributed by atoms with E-state index in [9.17, 15) is 19.1 Å². The number of aromatic nitrogens is 1. The molecule has 7 nitrogen and oxygen atoms in total. The molecule has 0 spiro atoms. The number of fused-ring (bicyclic) bond motifs is 1. The van der Waals surface area contributed by atoms with Crippen LogP contribution in [0.25, 0.3) is 10.9 Å². The van der Waals surface area contributed by atoms with Crippen LogP contribution in [0.1, 0.15) is 35.0 Å². The minimum absolute atomic E-state index is 0.125. The van der Waals surface area contributed by atoms with Crippen LogP contribution in [0.3, 0.4) is 0 Å². The van der Waals surface area contributed by atoms with Gasteiger partial charge in [0.05, 0.1) is 18.3 Å². The zero-order valence-corrected chi connectivity index (χ0v) is 16.4. The largest absolute Gasteiger partial charge is 0.477 e. The van der Waals surface area contributed by atoms with Crippen molar-refractivity contribution in [3.63, 3.8) is 0 Å². The van der Waals surface area contributed by atoms with Crippen LogP contribution in [-0.2, 0) is 6.54 Å². The number of aromatic carboxylic acids is 1. The number of anilines is 1. The predicted octanol–water partition coefficient (Wildman–Crippen LogP) is 3.09. The van der Waals surface area contributed by atoms with Gasteiger partial charge in [-0.25, -0.2) is 9.18 Å². The summed E-state index contributed by atoms with van der Waals surface area (Å²) < 4.78 is 21.2. The molecule has 0 radical (unpaired) electrons. The van der Waals surface area contributed by atoms with E-state index >= 15 is 0 Å². The van der Waals surface area contributed by atoms with Crippen molar-refractivity contribution in [2.45, 2.75) is 25.4 Å². The molecule has 5 rings (SSSR count). The van der Waals surface area contributed by atoms with E-state index in [0.29, 0.717) is 31.0 Å². The van der Waals surface area contributed by atoms with Crippen molar-refractivity contribution >= 4 is 22.7 Å². The van der Waals surface area contributed by atoms with Gasteiger partial charge in [0.2, 0.25) is 5.43 Å². The molecule has 2 aliphatic rings. The van der Waals surface area contributed by atoms with Crippen LogP contribution < -0.4 is 10.3 Å². The maximum absolute atomic E-state index is 13.8. The summed E-state index contributed by atoms with van der Waals surface area (Å²) in [6.45, 7) is 3.33. The third kappa shape index (κ3) is 3.27. The van der Waals surface area contributed by atoms with Crippen LogP contribution >= 0.6 is 0 Å². The van der Waals surface area contributed by atoms with Crippen molar-refractivity contribution in [3.05, 3.63) is 64.0 Å². The topological polar surface area (TPSA) is 78.9 Å². The van der Waals surface area contributed by atoms with Gasteiger partial charge in [-0.3, -0.25) is 9.69 Å². The first-order chi connectivity index (χ1) is 14.5. The molecule has 0 atom stereocenters. The first-order valence-electron chi connectivity index (χ1n) is 10.1. The molecule has 8 heteroatoms. The highest BCUT2D eigenvalue weighted by Gasteiger charge is 2.34. The molecule has 1 saturated heterocycles. The van der Waals surface area contributed by atoms with E-state index in [2.05, 4.69) is 4.90 Å². The number of carboxylic acids is 1. The van der Waals surface area contributed by atoms with E-state index in [0.717, 1.165) is 37.8 Å². The Balaban J connectivity index is 1.56. The van der Waals surface area contributed by atoms with Gasteiger partial charge in [0.25, 0.3) is 0 Å². The molecular weight excluding hydrogens is 389 g/mol. The number of carbonyl (C=O) groups is 1. The van der Waals surface area contributed by atoms with Crippen molar-refractivity contribution in [1.29, 1.82) is 0 Å². The Hall–Kier alpha value is -3.13. The molecule has 1 aliphatic carbocycles. The number of hydrogen-bond acceptors (Lipinski definition) is 5. The number of hydrogen-bond donors (Lipinski definition) is 1. The van der Waals surface area contributed by atoms with Crippen molar-refractivity contribution in [2.24, 2.45) is 0 Å². The normalized spacial score (nSPS) is 17.6. The van der Waals surface area contributed by atoms with Crippen LogP contribution in [0.2, 0.25) is 0 Å². The summed E-state index contributed by atoms with van der Waals surface area (Å²) >= 11 is 0. The molecule has 3 aromatic rings. The number of halogens is 1. The number of benzene rings is 1. The van der Waals surface area contributed by atoms with Gasteiger partial charge in [0.15, 0.2) is 0 Å². The minimum Gasteiger partial charge on any atom is -0.477 e. The van der Waals surface area contributed by atoms with Crippen molar-refractivity contribution in [3.8, 4) is 0 Å². The fourth-order valence-corrected chi connectivity index (χ4v) is 4.32. The van der Waals surface area contributed by atoms with E-state index in [-0.39, 0.29) is 17.0 Å². The monoisotopic (exact) mass is 411 g/mol. The molecule has 156 valence electrons. The molecule has 2 fully saturated rings. The molecule has 2 aromatic heterocycles. The number of carboxylic acid groups (broad SMARTS) is 1. The molecule has 0 unspecified atom stereocenters. The molecule has 0 amide bonds. The summed E-state index contributed by atoms with van der Waals surface area (Å²) in [6.07, 6.45) is 3.48. The lowest BCUT2D eigenvalue weighted by Crippen LogP contribution is -2.48. The van der Waals surface area contributed by atoms with Crippen molar-refractivity contribution in [2.75, 3.05) is 31.1 Å². The Bertz CT molecular complexity index is 1160. The molecule has 1 saturated carbocycles. The molecule has 1 aromatic carbocycles. The third-order valence-electron chi connectivity index (χ3n) is 5.90. The van der Waals surface area contributed by atoms with Crippen LogP contribution in [-0.4, -0.2) is 46.7 Å². The number of nitrogens with zero attached hydrogens (tertiary/aromatic N) is 3. The Morgan fingerprint density at radius 1 is 1.17 bits per heavy atom. The van der Waals surface area contributed by atoms with E-state index < -0.39 is 17.2 Å². The summed E-state index contributed by atoms with van der Waals surface area (Å²) in [7, 11) is 0. The van der Waals surface area contributed by atoms with Gasteiger partial charge in [0.1, 0.15) is 23.0 Å². The summed E-state index contributed by atoms with van der Waals surface area (Å²) in [4.78, 5) is 29.4. The van der Waals surface area contributed by atoms with E-state index in [1.807, 2.05) is 21.6 Å². The zero-order chi connectivity index (χ0) is 20.8. The zero-order valence-electron chi connectivity index (χ0n) is 16.4. The lowest BCUT2D eigenvalue weighted by atomic mass is 10.1. The van der Waals surface area contributed by atoms with Gasteiger partial charge < -0.3 is 19.0 Å². The predicted molar refractivity (Wildman–Crippen MR) is 110 cm³/mol. The van der Waals surface area contributed by atoms with Gasteiger partial charge in [-0.1, -0.05) is 0 Å². The fraction of sp³-hybridized carbons (Fsp3) is 0.364. The van der Waals surface area contributed by atoms with Crippen LogP contribution in [0, 0.1) is 5.82 Å². The Labute approximate surface area is 171 Å². The first kappa shape index (κ1) is 18.9. The van der Waals surface area contributed by atoms with Crippen LogP contribution in [0.15, 0.2) is 45.8 Å². The maximum atomic E-state index is 13.8. The highest BCUT2D eigenvalue weighted by atomic mass is 19.1. The average Bonchev–Trinajstić information content (AvgIpc) is 3.44. The number of furan rings is 1. The Kier molecular flexibility index (Phi) is 4.58. The molecular formula is C22H22FN3O4. The van der Waals surface area contributed by atoms with E-state index in [1.165, 1.54) is 6.07 Å². The standard InChI is InChI=1S/C22H22FN3O4/c23-14-3-6-18-17(12-14)20(27)19(22(28)29)21(26(18)15-4-5-15)25-9-7-24(8-10-25)13-16-2-1-11-30-16/h1-3,6,11-12,15H,4-5,7-10,13H2,(H,28,29). The molecule has 0 bridgehead atoms. The van der Waals surface area contributed by atoms with Gasteiger partial charge in [-0.15, -0.1) is 0 Å². The van der Waals surface area contributed by atoms with Gasteiger partial charge >= 0.3 is 5.97 Å². The lowest BCUT2D eigenvalue weighted by molar-refractivity contribution is 0.0695. The Morgan fingerprint density at radius 3 is 2.57 bits per heavy atom. The molecule has 30 heavy (non-hydrogen) atoms. The SMILES string of the molecule is O=C(O)c1c(N2CCN(Cc3ccco3)CC2)n(C2CC2)c2ccc(F)cc2c1=O. The van der Waals surface area contributed by atoms with Crippen molar-refractivity contribution < 1.29 is 18.7 Å². The van der Waals surface area contributed by atoms with Gasteiger partial charge in [-0.2, -0.15) is 0 Å². The lowest BCUT2D eigenvalue weighted by Gasteiger charge is -2.37. The molecule has 1 aliphatic heterocycles. The second-order valence-electron chi connectivity index (χ2n) is 7.94. The quantitative estimate of drug-likeness (QED) is 0.695. The highest BCUT2D eigenvalue weighted by molar-refractivity contribution is 5.98. The maximum Gasteiger partial charge on any atom is 0.343 e. The highest BCUT2D eigenvalue weighted by Crippen LogP contribution is 2.41. The number of piperazine rings is 1. The van der Waals surface area contributed by atoms with E-state index in [1.54, 1.807) is 12.3 Å². The first-order valence-corrected chi connectivity index (χ1v) is 10.1. The number of pyridine rings is 1. The van der Waals surface area contributed by atoms with Gasteiger partial charge in [0, 0.05) is 37.6 Å². The van der Waals surface area contributed by atoms with Crippen LogP contribution in [0.5, 0.6) is 0 Å². The summed E-state index contributed by atoms with van der Waals surface area (Å²) in [5, 5.41) is 10.0. The summed E-state index contributed by atoms with van der Waals surface area (Å²) in [5.74, 6) is -0.477. The minimum atomic E-state index is -1.27. The average molecular weight is 411 g/mol. The molecule has 1 N–H and O–H groups in total. The number of rotatable bonds is 5. The second kappa shape index (κ2) is 7.28. The summed E-state index contributed by atoms with van der Waals surface area (Å²) in [6, 6.07) is 7.99. The summed E-state index contributed by atoms with van der Waals surface area (Å²) in [5.41, 5.74) is -0.289. The van der Waals surface area contributed by atoms with Gasteiger partial charge in [-0.05, 0) is 43.2 Å². The smallest absolute Gasteiger partial charge is 0.343 e. The molecule has 3 heterocycles. The van der Waals surface area contributed by atoms with Crippen LogP contribution in [0.4, 0.5) is 10.2 Å². The second-order valence-corrected chi connectivity index (χ2v) is 7.94.